The number of carbonyl (C=O) groups excluding carboxylic acids is 1. The average Bonchev–Trinajstić information content (AvgIpc) is 2.47. The van der Waals surface area contributed by atoms with Crippen LogP contribution in [-0.4, -0.2) is 26.6 Å². The molecule has 0 saturated carbocycles. The van der Waals surface area contributed by atoms with Crippen molar-refractivity contribution in [3.05, 3.63) is 39.4 Å². The molecule has 0 spiro atoms. The Morgan fingerprint density at radius 3 is 2.78 bits per heavy atom. The van der Waals surface area contributed by atoms with Gasteiger partial charge in [0.15, 0.2) is 5.82 Å². The molecule has 0 atom stereocenters. The van der Waals surface area contributed by atoms with Crippen LogP contribution in [0.15, 0.2) is 17.3 Å². The van der Waals surface area contributed by atoms with Crippen molar-refractivity contribution in [2.75, 3.05) is 11.1 Å². The molecule has 1 N–H and O–H groups in total. The van der Waals surface area contributed by atoms with Gasteiger partial charge in [-0.15, -0.1) is 0 Å². The number of aromatic nitrogens is 3. The highest BCUT2D eigenvalue weighted by molar-refractivity contribution is 8.00. The molecule has 0 aliphatic heterocycles. The Morgan fingerprint density at radius 1 is 1.39 bits per heavy atom. The average molecular weight is 368 g/mol. The number of nitrogens with zero attached hydrogens (tertiary/aromatic N) is 4. The van der Waals surface area contributed by atoms with Crippen molar-refractivity contribution in [3.8, 4) is 6.07 Å². The van der Waals surface area contributed by atoms with Gasteiger partial charge in [0, 0.05) is 6.20 Å². The molecular weight excluding hydrogens is 357 g/mol. The predicted octanol–water partition coefficient (Wildman–Crippen LogP) is 3.40. The topological polar surface area (TPSA) is 91.6 Å². The van der Waals surface area contributed by atoms with E-state index < -0.39 is 0 Å². The summed E-state index contributed by atoms with van der Waals surface area (Å²) in [6.07, 6.45) is 1.39. The van der Waals surface area contributed by atoms with Gasteiger partial charge in [0.1, 0.15) is 22.5 Å². The second-order valence-corrected chi connectivity index (χ2v) is 6.28. The van der Waals surface area contributed by atoms with E-state index in [4.69, 9.17) is 28.5 Å². The molecule has 2 heterocycles. The van der Waals surface area contributed by atoms with Crippen molar-refractivity contribution in [3.63, 3.8) is 0 Å². The van der Waals surface area contributed by atoms with Gasteiger partial charge in [-0.3, -0.25) is 4.79 Å². The molecule has 2 rings (SSSR count). The number of carbonyl (C=O) groups is 1. The van der Waals surface area contributed by atoms with Gasteiger partial charge in [0.25, 0.3) is 0 Å². The summed E-state index contributed by atoms with van der Waals surface area (Å²) in [6, 6.07) is 3.54. The second kappa shape index (κ2) is 7.59. The van der Waals surface area contributed by atoms with Crippen molar-refractivity contribution in [1.29, 1.82) is 5.26 Å². The van der Waals surface area contributed by atoms with Crippen LogP contribution in [0.2, 0.25) is 10.0 Å². The predicted molar refractivity (Wildman–Crippen MR) is 89.8 cm³/mol. The van der Waals surface area contributed by atoms with E-state index in [1.165, 1.54) is 12.3 Å². The highest BCUT2D eigenvalue weighted by atomic mass is 35.5. The van der Waals surface area contributed by atoms with Gasteiger partial charge >= 0.3 is 0 Å². The van der Waals surface area contributed by atoms with Crippen LogP contribution < -0.4 is 5.32 Å². The summed E-state index contributed by atoms with van der Waals surface area (Å²) in [7, 11) is 0. The van der Waals surface area contributed by atoms with Crippen LogP contribution in [0.5, 0.6) is 0 Å². The van der Waals surface area contributed by atoms with Crippen LogP contribution in [0.25, 0.3) is 0 Å². The first kappa shape index (κ1) is 17.5. The molecule has 0 saturated heterocycles. The first-order chi connectivity index (χ1) is 10.9. The van der Waals surface area contributed by atoms with Crippen LogP contribution >= 0.6 is 35.0 Å². The summed E-state index contributed by atoms with van der Waals surface area (Å²) in [6.45, 7) is 3.46. The van der Waals surface area contributed by atoms with Crippen molar-refractivity contribution in [2.45, 2.75) is 18.9 Å². The highest BCUT2D eigenvalue weighted by Gasteiger charge is 2.13. The number of pyridine rings is 1. The van der Waals surface area contributed by atoms with Crippen LogP contribution in [0.1, 0.15) is 17.1 Å². The fourth-order valence-electron chi connectivity index (χ4n) is 1.72. The van der Waals surface area contributed by atoms with Gasteiger partial charge in [-0.1, -0.05) is 35.0 Å². The van der Waals surface area contributed by atoms with E-state index in [9.17, 15) is 4.79 Å². The van der Waals surface area contributed by atoms with Crippen molar-refractivity contribution >= 4 is 46.7 Å². The third-order valence-corrected chi connectivity index (χ3v) is 4.16. The van der Waals surface area contributed by atoms with E-state index in [0.29, 0.717) is 27.1 Å². The maximum Gasteiger partial charge on any atom is 0.235 e. The van der Waals surface area contributed by atoms with Gasteiger partial charge < -0.3 is 5.32 Å². The number of amides is 1. The first-order valence-corrected chi connectivity index (χ1v) is 8.14. The minimum atomic E-state index is -0.315. The fraction of sp³-hybridized carbons (Fsp3) is 0.214. The Hall–Kier alpha value is -1.88. The molecule has 118 valence electrons. The van der Waals surface area contributed by atoms with Crippen molar-refractivity contribution < 1.29 is 4.79 Å². The SMILES string of the molecule is Cc1nc(C)c(C#N)c(SCC(=O)Nc2ncc(Cl)cc2Cl)n1. The number of anilines is 1. The number of thioether (sulfide) groups is 1. The lowest BCUT2D eigenvalue weighted by Gasteiger charge is -2.08. The molecular formula is C14H11Cl2N5OS. The van der Waals surface area contributed by atoms with E-state index >= 15 is 0 Å². The Balaban J connectivity index is 2.07. The summed E-state index contributed by atoms with van der Waals surface area (Å²) in [5.41, 5.74) is 0.960. The maximum absolute atomic E-state index is 12.0. The zero-order valence-electron chi connectivity index (χ0n) is 12.2. The number of nitriles is 1. The maximum atomic E-state index is 12.0. The van der Waals surface area contributed by atoms with Gasteiger partial charge in [-0.05, 0) is 19.9 Å². The number of nitrogens with one attached hydrogen (secondary N) is 1. The smallest absolute Gasteiger partial charge is 0.235 e. The minimum Gasteiger partial charge on any atom is -0.309 e. The molecule has 0 aliphatic rings. The van der Waals surface area contributed by atoms with Gasteiger partial charge in [-0.25, -0.2) is 15.0 Å². The summed E-state index contributed by atoms with van der Waals surface area (Å²) in [4.78, 5) is 24.3. The Morgan fingerprint density at radius 2 is 2.13 bits per heavy atom. The van der Waals surface area contributed by atoms with Gasteiger partial charge in [0.2, 0.25) is 5.91 Å². The summed E-state index contributed by atoms with van der Waals surface area (Å²) in [5.74, 6) is 0.527. The molecule has 0 aliphatic carbocycles. The third-order valence-electron chi connectivity index (χ3n) is 2.69. The Kier molecular flexibility index (Phi) is 5.77. The van der Waals surface area contributed by atoms with E-state index in [2.05, 4.69) is 26.3 Å². The second-order valence-electron chi connectivity index (χ2n) is 4.47. The van der Waals surface area contributed by atoms with Crippen molar-refractivity contribution in [1.82, 2.24) is 15.0 Å². The van der Waals surface area contributed by atoms with Crippen LogP contribution in [0.4, 0.5) is 5.82 Å². The number of hydrogen-bond acceptors (Lipinski definition) is 6. The number of halogens is 2. The molecule has 0 unspecified atom stereocenters. The first-order valence-electron chi connectivity index (χ1n) is 6.39. The molecule has 23 heavy (non-hydrogen) atoms. The standard InChI is InChI=1S/C14H11Cl2N5OS/c1-7-10(4-17)14(20-8(2)19-7)23-6-12(22)21-13-11(16)3-9(15)5-18-13/h3,5H,6H2,1-2H3,(H,18,21,22). The summed E-state index contributed by atoms with van der Waals surface area (Å²) < 4.78 is 0. The lowest BCUT2D eigenvalue weighted by molar-refractivity contribution is -0.113. The van der Waals surface area contributed by atoms with Crippen LogP contribution in [-0.2, 0) is 4.79 Å². The Bertz CT molecular complexity index is 806. The lowest BCUT2D eigenvalue weighted by Crippen LogP contribution is -2.15. The lowest BCUT2D eigenvalue weighted by atomic mass is 10.3. The number of hydrogen-bond donors (Lipinski definition) is 1. The monoisotopic (exact) mass is 367 g/mol. The molecule has 2 aromatic rings. The fourth-order valence-corrected chi connectivity index (χ4v) is 3.02. The summed E-state index contributed by atoms with van der Waals surface area (Å²) in [5, 5.41) is 12.9. The zero-order valence-corrected chi connectivity index (χ0v) is 14.6. The summed E-state index contributed by atoms with van der Waals surface area (Å²) >= 11 is 12.9. The normalized spacial score (nSPS) is 10.2. The number of aryl methyl sites for hydroxylation is 2. The molecule has 0 aromatic carbocycles. The van der Waals surface area contributed by atoms with Gasteiger partial charge in [0.05, 0.1) is 21.5 Å². The molecule has 1 amide bonds. The molecule has 0 bridgehead atoms. The van der Waals surface area contributed by atoms with Gasteiger partial charge in [-0.2, -0.15) is 5.26 Å². The van der Waals surface area contributed by atoms with Crippen molar-refractivity contribution in [2.24, 2.45) is 0 Å². The molecule has 2 aromatic heterocycles. The van der Waals surface area contributed by atoms with E-state index in [-0.39, 0.29) is 22.5 Å². The van der Waals surface area contributed by atoms with E-state index in [1.54, 1.807) is 13.8 Å². The van der Waals surface area contributed by atoms with Crippen LogP contribution in [0.3, 0.4) is 0 Å². The highest BCUT2D eigenvalue weighted by Crippen LogP contribution is 2.24. The Labute approximate surface area is 147 Å². The largest absolute Gasteiger partial charge is 0.309 e. The van der Waals surface area contributed by atoms with E-state index in [0.717, 1.165) is 11.8 Å². The number of rotatable bonds is 4. The third kappa shape index (κ3) is 4.55. The molecule has 0 radical (unpaired) electrons. The quantitative estimate of drug-likeness (QED) is 0.657. The molecule has 9 heteroatoms. The van der Waals surface area contributed by atoms with Crippen LogP contribution in [0, 0.1) is 25.2 Å². The zero-order chi connectivity index (χ0) is 17.0. The minimum absolute atomic E-state index is 0.0607. The van der Waals surface area contributed by atoms with E-state index in [1.807, 2.05) is 0 Å². The molecule has 0 fully saturated rings. The molecule has 6 nitrogen and oxygen atoms in total.